The van der Waals surface area contributed by atoms with Crippen LogP contribution < -0.4 is 5.32 Å². The molecule has 0 radical (unpaired) electrons. The largest absolute Gasteiger partial charge is 0.315 e. The number of allylic oxidation sites excluding steroid dienone is 2. The molecule has 1 rings (SSSR count). The highest BCUT2D eigenvalue weighted by atomic mass is 32.2. The molecule has 1 aliphatic carbocycles. The first-order valence-corrected chi connectivity index (χ1v) is 6.77. The second-order valence-corrected chi connectivity index (χ2v) is 6.26. The predicted molar refractivity (Wildman–Crippen MR) is 66.9 cm³/mol. The fraction of sp³-hybridized carbons (Fsp3) is 0.833. The Morgan fingerprint density at radius 3 is 2.79 bits per heavy atom. The molecule has 0 aromatic heterocycles. The molecule has 0 amide bonds. The van der Waals surface area contributed by atoms with E-state index in [1.54, 1.807) is 0 Å². The van der Waals surface area contributed by atoms with E-state index in [-0.39, 0.29) is 0 Å². The van der Waals surface area contributed by atoms with Crippen molar-refractivity contribution in [3.63, 3.8) is 0 Å². The summed E-state index contributed by atoms with van der Waals surface area (Å²) >= 11 is 1.94. The van der Waals surface area contributed by atoms with Crippen molar-refractivity contribution >= 4 is 11.8 Å². The zero-order valence-corrected chi connectivity index (χ0v) is 10.5. The van der Waals surface area contributed by atoms with E-state index in [4.69, 9.17) is 0 Å². The van der Waals surface area contributed by atoms with Crippen molar-refractivity contribution in [2.75, 3.05) is 19.3 Å². The maximum Gasteiger partial charge on any atom is 0.0225 e. The number of hydrogen-bond donors (Lipinski definition) is 1. The van der Waals surface area contributed by atoms with Crippen LogP contribution in [0.1, 0.15) is 33.1 Å². The van der Waals surface area contributed by atoms with Crippen molar-refractivity contribution < 1.29 is 0 Å². The first-order valence-electron chi connectivity index (χ1n) is 5.55. The molecule has 0 fully saturated rings. The molecule has 1 aliphatic rings. The highest BCUT2D eigenvalue weighted by molar-refractivity contribution is 7.99. The van der Waals surface area contributed by atoms with Crippen molar-refractivity contribution in [1.82, 2.24) is 5.32 Å². The van der Waals surface area contributed by atoms with Gasteiger partial charge in [-0.05, 0) is 51.8 Å². The monoisotopic (exact) mass is 213 g/mol. The molecule has 0 saturated heterocycles. The Balaban J connectivity index is 2.11. The van der Waals surface area contributed by atoms with Crippen LogP contribution in [0.15, 0.2) is 12.2 Å². The Morgan fingerprint density at radius 2 is 2.21 bits per heavy atom. The minimum Gasteiger partial charge on any atom is -0.315 e. The summed E-state index contributed by atoms with van der Waals surface area (Å²) in [5.41, 5.74) is 0. The van der Waals surface area contributed by atoms with Crippen LogP contribution in [0.25, 0.3) is 0 Å². The Morgan fingerprint density at radius 1 is 1.43 bits per heavy atom. The topological polar surface area (TPSA) is 12.0 Å². The molecule has 0 aromatic rings. The van der Waals surface area contributed by atoms with Gasteiger partial charge >= 0.3 is 0 Å². The van der Waals surface area contributed by atoms with E-state index < -0.39 is 0 Å². The summed E-state index contributed by atoms with van der Waals surface area (Å²) in [4.78, 5) is 0. The van der Waals surface area contributed by atoms with Gasteiger partial charge < -0.3 is 5.32 Å². The summed E-state index contributed by atoms with van der Waals surface area (Å²) in [5, 5.41) is 3.59. The summed E-state index contributed by atoms with van der Waals surface area (Å²) in [6, 6.07) is 0. The molecule has 1 nitrogen and oxygen atoms in total. The fourth-order valence-electron chi connectivity index (χ4n) is 1.69. The Kier molecular flexibility index (Phi) is 5.04. The van der Waals surface area contributed by atoms with Gasteiger partial charge in [0, 0.05) is 11.3 Å². The van der Waals surface area contributed by atoms with Crippen LogP contribution in [0.2, 0.25) is 0 Å². The third kappa shape index (κ3) is 4.52. The summed E-state index contributed by atoms with van der Waals surface area (Å²) in [5.74, 6) is 0.873. The molecule has 0 aromatic carbocycles. The lowest BCUT2D eigenvalue weighted by molar-refractivity contribution is 0.430. The summed E-state index contributed by atoms with van der Waals surface area (Å²) in [6.45, 7) is 6.90. The molecule has 0 spiro atoms. The quantitative estimate of drug-likeness (QED) is 0.704. The van der Waals surface area contributed by atoms with Crippen molar-refractivity contribution in [2.45, 2.75) is 37.9 Å². The summed E-state index contributed by atoms with van der Waals surface area (Å²) < 4.78 is 0.379. The van der Waals surface area contributed by atoms with Crippen LogP contribution in [-0.4, -0.2) is 24.1 Å². The van der Waals surface area contributed by atoms with Gasteiger partial charge in [-0.15, -0.1) is 0 Å². The molecule has 0 bridgehead atoms. The Bertz CT molecular complexity index is 187. The normalized spacial score (nSPS) is 22.6. The molecule has 0 saturated carbocycles. The van der Waals surface area contributed by atoms with E-state index in [2.05, 4.69) is 37.6 Å². The second-order valence-electron chi connectivity index (χ2n) is 4.75. The maximum absolute atomic E-state index is 3.59. The molecule has 82 valence electrons. The fourth-order valence-corrected chi connectivity index (χ4v) is 1.94. The van der Waals surface area contributed by atoms with Crippen molar-refractivity contribution in [1.29, 1.82) is 0 Å². The predicted octanol–water partition coefficient (Wildman–Crippen LogP) is 3.07. The van der Waals surface area contributed by atoms with E-state index in [1.807, 2.05) is 11.8 Å². The van der Waals surface area contributed by atoms with Crippen LogP contribution in [0.4, 0.5) is 0 Å². The lowest BCUT2D eigenvalue weighted by Gasteiger charge is -2.25. The number of rotatable bonds is 5. The SMILES string of the molecule is CSC(C)(C)CNCC1CC=CCC1. The molecule has 2 heteroatoms. The van der Waals surface area contributed by atoms with Gasteiger partial charge in [0.15, 0.2) is 0 Å². The standard InChI is InChI=1S/C12H23NS/c1-12(2,14-3)10-13-9-11-7-5-4-6-8-11/h4-5,11,13H,6-10H2,1-3H3. The third-order valence-corrected chi connectivity index (χ3v) is 4.16. The van der Waals surface area contributed by atoms with Crippen LogP contribution in [-0.2, 0) is 0 Å². The zero-order chi connectivity index (χ0) is 10.4. The van der Waals surface area contributed by atoms with E-state index in [0.717, 1.165) is 12.5 Å². The van der Waals surface area contributed by atoms with Crippen LogP contribution in [0.3, 0.4) is 0 Å². The van der Waals surface area contributed by atoms with E-state index in [0.29, 0.717) is 4.75 Å². The van der Waals surface area contributed by atoms with Gasteiger partial charge in [-0.3, -0.25) is 0 Å². The summed E-state index contributed by atoms with van der Waals surface area (Å²) in [7, 11) is 0. The Labute approximate surface area is 92.7 Å². The molecular formula is C12H23NS. The average molecular weight is 213 g/mol. The van der Waals surface area contributed by atoms with Gasteiger partial charge in [-0.2, -0.15) is 11.8 Å². The van der Waals surface area contributed by atoms with Crippen LogP contribution in [0, 0.1) is 5.92 Å². The minimum atomic E-state index is 0.379. The average Bonchev–Trinajstić information content (AvgIpc) is 2.19. The third-order valence-electron chi connectivity index (χ3n) is 2.91. The molecule has 14 heavy (non-hydrogen) atoms. The van der Waals surface area contributed by atoms with Gasteiger partial charge in [-0.1, -0.05) is 12.2 Å². The molecule has 1 atom stereocenters. The summed E-state index contributed by atoms with van der Waals surface area (Å²) in [6.07, 6.45) is 10.7. The van der Waals surface area contributed by atoms with Crippen LogP contribution in [0.5, 0.6) is 0 Å². The van der Waals surface area contributed by atoms with Crippen molar-refractivity contribution in [3.8, 4) is 0 Å². The smallest absolute Gasteiger partial charge is 0.0225 e. The molecule has 1 unspecified atom stereocenters. The Hall–Kier alpha value is 0.0500. The molecule has 0 aliphatic heterocycles. The van der Waals surface area contributed by atoms with E-state index >= 15 is 0 Å². The number of nitrogens with one attached hydrogen (secondary N) is 1. The lowest BCUT2D eigenvalue weighted by Crippen LogP contribution is -2.35. The first kappa shape index (κ1) is 12.1. The van der Waals surface area contributed by atoms with E-state index in [1.165, 1.54) is 25.8 Å². The zero-order valence-electron chi connectivity index (χ0n) is 9.68. The van der Waals surface area contributed by atoms with Crippen molar-refractivity contribution in [2.24, 2.45) is 5.92 Å². The van der Waals surface area contributed by atoms with Gasteiger partial charge in [0.2, 0.25) is 0 Å². The first-order chi connectivity index (χ1) is 6.64. The highest BCUT2D eigenvalue weighted by Crippen LogP contribution is 2.21. The van der Waals surface area contributed by atoms with Gasteiger partial charge in [0.25, 0.3) is 0 Å². The number of thioether (sulfide) groups is 1. The maximum atomic E-state index is 3.59. The lowest BCUT2D eigenvalue weighted by atomic mass is 9.94. The molecule has 1 N–H and O–H groups in total. The van der Waals surface area contributed by atoms with Gasteiger partial charge in [-0.25, -0.2) is 0 Å². The van der Waals surface area contributed by atoms with Crippen LogP contribution >= 0.6 is 11.8 Å². The van der Waals surface area contributed by atoms with Crippen molar-refractivity contribution in [3.05, 3.63) is 12.2 Å². The minimum absolute atomic E-state index is 0.379. The number of hydrogen-bond acceptors (Lipinski definition) is 2. The van der Waals surface area contributed by atoms with Gasteiger partial charge in [0.1, 0.15) is 0 Å². The molecular weight excluding hydrogens is 190 g/mol. The molecule has 0 heterocycles. The highest BCUT2D eigenvalue weighted by Gasteiger charge is 2.16. The van der Waals surface area contributed by atoms with Gasteiger partial charge in [0.05, 0.1) is 0 Å². The van der Waals surface area contributed by atoms with E-state index in [9.17, 15) is 0 Å². The second kappa shape index (κ2) is 5.82.